The maximum atomic E-state index is 12.9. The maximum absolute atomic E-state index is 12.9. The second kappa shape index (κ2) is 5.80. The summed E-state index contributed by atoms with van der Waals surface area (Å²) in [5.41, 5.74) is 1.81. The van der Waals surface area contributed by atoms with Gasteiger partial charge in [-0.05, 0) is 61.5 Å². The normalized spacial score (nSPS) is 25.4. The molecule has 0 N–H and O–H groups in total. The summed E-state index contributed by atoms with van der Waals surface area (Å²) in [4.78, 5) is 34.0. The SMILES string of the molecule is O=C(c1ccnc(C(=O)N2CCC3(CCC3)C2)c1)N1CCC2(CCC2)C1. The Kier molecular flexibility index (Phi) is 3.63. The van der Waals surface area contributed by atoms with Gasteiger partial charge in [-0.2, -0.15) is 0 Å². The van der Waals surface area contributed by atoms with Crippen LogP contribution in [-0.4, -0.2) is 52.8 Å². The predicted molar refractivity (Wildman–Crippen MR) is 97.8 cm³/mol. The molecule has 3 heterocycles. The summed E-state index contributed by atoms with van der Waals surface area (Å²) in [6.45, 7) is 3.42. The van der Waals surface area contributed by atoms with Gasteiger partial charge in [0.05, 0.1) is 0 Å². The minimum absolute atomic E-state index is 0.0136. The average Bonchev–Trinajstić information content (AvgIpc) is 3.25. The highest BCUT2D eigenvalue weighted by Gasteiger charge is 2.45. The van der Waals surface area contributed by atoms with Crippen LogP contribution in [0.4, 0.5) is 0 Å². The number of hydrogen-bond acceptors (Lipinski definition) is 3. The minimum atomic E-state index is -0.0136. The van der Waals surface area contributed by atoms with E-state index in [1.807, 2.05) is 9.80 Å². The molecule has 5 nitrogen and oxygen atoms in total. The Balaban J connectivity index is 1.29. The molecule has 0 aromatic carbocycles. The summed E-state index contributed by atoms with van der Waals surface area (Å²) in [6, 6.07) is 3.46. The molecule has 0 radical (unpaired) electrons. The Morgan fingerprint density at radius 3 is 1.92 bits per heavy atom. The molecular formula is C21H27N3O2. The molecule has 5 rings (SSSR count). The topological polar surface area (TPSA) is 53.5 Å². The van der Waals surface area contributed by atoms with E-state index in [0.29, 0.717) is 22.1 Å². The lowest BCUT2D eigenvalue weighted by Crippen LogP contribution is -2.37. The Hall–Kier alpha value is -1.91. The first-order valence-electron chi connectivity index (χ1n) is 10.1. The number of likely N-dealkylation sites (tertiary alicyclic amines) is 2. The van der Waals surface area contributed by atoms with Crippen molar-refractivity contribution in [3.8, 4) is 0 Å². The fraction of sp³-hybridized carbons (Fsp3) is 0.667. The fourth-order valence-corrected chi connectivity index (χ4v) is 5.41. The molecule has 2 spiro atoms. The number of amides is 2. The van der Waals surface area contributed by atoms with Gasteiger partial charge >= 0.3 is 0 Å². The average molecular weight is 353 g/mol. The lowest BCUT2D eigenvalue weighted by Gasteiger charge is -2.38. The highest BCUT2D eigenvalue weighted by atomic mass is 16.2. The first-order valence-corrected chi connectivity index (χ1v) is 10.1. The summed E-state index contributed by atoms with van der Waals surface area (Å²) < 4.78 is 0. The number of pyridine rings is 1. The van der Waals surface area contributed by atoms with Crippen LogP contribution >= 0.6 is 0 Å². The van der Waals surface area contributed by atoms with Crippen molar-refractivity contribution in [3.05, 3.63) is 29.6 Å². The highest BCUT2D eigenvalue weighted by Crippen LogP contribution is 2.49. The van der Waals surface area contributed by atoms with Crippen molar-refractivity contribution in [3.63, 3.8) is 0 Å². The van der Waals surface area contributed by atoms with Crippen LogP contribution in [0.3, 0.4) is 0 Å². The van der Waals surface area contributed by atoms with E-state index >= 15 is 0 Å². The van der Waals surface area contributed by atoms with Crippen molar-refractivity contribution in [1.29, 1.82) is 0 Å². The second-order valence-corrected chi connectivity index (χ2v) is 9.09. The van der Waals surface area contributed by atoms with E-state index in [2.05, 4.69) is 4.98 Å². The van der Waals surface area contributed by atoms with Crippen LogP contribution in [0.25, 0.3) is 0 Å². The van der Waals surface area contributed by atoms with Crippen LogP contribution < -0.4 is 0 Å². The van der Waals surface area contributed by atoms with Gasteiger partial charge in [-0.1, -0.05) is 12.8 Å². The molecule has 1 aromatic heterocycles. The van der Waals surface area contributed by atoms with Gasteiger partial charge < -0.3 is 9.80 Å². The van der Waals surface area contributed by atoms with Gasteiger partial charge in [0.15, 0.2) is 0 Å². The largest absolute Gasteiger partial charge is 0.338 e. The molecule has 0 bridgehead atoms. The van der Waals surface area contributed by atoms with Gasteiger partial charge in [0, 0.05) is 37.9 Å². The van der Waals surface area contributed by atoms with Crippen LogP contribution in [-0.2, 0) is 0 Å². The molecule has 5 heteroatoms. The number of aromatic nitrogens is 1. The van der Waals surface area contributed by atoms with Crippen LogP contribution in [0.2, 0.25) is 0 Å². The lowest BCUT2D eigenvalue weighted by molar-refractivity contribution is 0.0725. The van der Waals surface area contributed by atoms with E-state index in [1.54, 1.807) is 18.3 Å². The molecule has 0 unspecified atom stereocenters. The highest BCUT2D eigenvalue weighted by molar-refractivity contribution is 5.98. The van der Waals surface area contributed by atoms with Crippen molar-refractivity contribution in [2.45, 2.75) is 51.4 Å². The summed E-state index contributed by atoms with van der Waals surface area (Å²) in [7, 11) is 0. The quantitative estimate of drug-likeness (QED) is 0.821. The van der Waals surface area contributed by atoms with Crippen LogP contribution in [0, 0.1) is 10.8 Å². The molecule has 2 aliphatic heterocycles. The van der Waals surface area contributed by atoms with Gasteiger partial charge in [0.25, 0.3) is 11.8 Å². The van der Waals surface area contributed by atoms with Gasteiger partial charge in [0.1, 0.15) is 5.69 Å². The summed E-state index contributed by atoms with van der Waals surface area (Å²) in [5, 5.41) is 0. The van der Waals surface area contributed by atoms with E-state index in [0.717, 1.165) is 39.0 Å². The molecule has 4 aliphatic rings. The Labute approximate surface area is 154 Å². The number of rotatable bonds is 2. The number of carbonyl (C=O) groups excluding carboxylic acids is 2. The summed E-state index contributed by atoms with van der Waals surface area (Å²) in [6.07, 6.45) is 11.5. The third kappa shape index (κ3) is 2.55. The van der Waals surface area contributed by atoms with E-state index in [9.17, 15) is 9.59 Å². The van der Waals surface area contributed by atoms with E-state index in [1.165, 1.54) is 38.5 Å². The van der Waals surface area contributed by atoms with Crippen molar-refractivity contribution < 1.29 is 9.59 Å². The van der Waals surface area contributed by atoms with Gasteiger partial charge in [-0.25, -0.2) is 0 Å². The Bertz CT molecular complexity index is 692. The molecule has 2 saturated heterocycles. The third-order valence-corrected chi connectivity index (χ3v) is 7.51. The van der Waals surface area contributed by atoms with Gasteiger partial charge in [-0.15, -0.1) is 0 Å². The number of carbonyl (C=O) groups is 2. The van der Waals surface area contributed by atoms with Crippen molar-refractivity contribution in [2.24, 2.45) is 10.8 Å². The van der Waals surface area contributed by atoms with E-state index in [-0.39, 0.29) is 11.8 Å². The Morgan fingerprint density at radius 2 is 1.42 bits per heavy atom. The Morgan fingerprint density at radius 1 is 0.846 bits per heavy atom. The summed E-state index contributed by atoms with van der Waals surface area (Å²) in [5.74, 6) is 0.0439. The molecule has 1 aromatic rings. The number of nitrogens with zero attached hydrogens (tertiary/aromatic N) is 3. The molecule has 2 amide bonds. The van der Waals surface area contributed by atoms with Gasteiger partial charge in [-0.3, -0.25) is 14.6 Å². The van der Waals surface area contributed by atoms with Gasteiger partial charge in [0.2, 0.25) is 0 Å². The molecule has 4 fully saturated rings. The maximum Gasteiger partial charge on any atom is 0.272 e. The van der Waals surface area contributed by atoms with E-state index in [4.69, 9.17) is 0 Å². The van der Waals surface area contributed by atoms with Crippen LogP contribution in [0.5, 0.6) is 0 Å². The molecule has 138 valence electrons. The molecule has 2 saturated carbocycles. The second-order valence-electron chi connectivity index (χ2n) is 9.09. The minimum Gasteiger partial charge on any atom is -0.338 e. The van der Waals surface area contributed by atoms with Crippen molar-refractivity contribution in [2.75, 3.05) is 26.2 Å². The molecule has 0 atom stereocenters. The third-order valence-electron chi connectivity index (χ3n) is 7.51. The zero-order chi connectivity index (χ0) is 17.8. The molecular weight excluding hydrogens is 326 g/mol. The first-order chi connectivity index (χ1) is 12.6. The smallest absolute Gasteiger partial charge is 0.272 e. The first kappa shape index (κ1) is 16.3. The monoisotopic (exact) mass is 353 g/mol. The molecule has 26 heavy (non-hydrogen) atoms. The zero-order valence-electron chi connectivity index (χ0n) is 15.4. The summed E-state index contributed by atoms with van der Waals surface area (Å²) >= 11 is 0. The van der Waals surface area contributed by atoms with Crippen molar-refractivity contribution in [1.82, 2.24) is 14.8 Å². The van der Waals surface area contributed by atoms with E-state index < -0.39 is 0 Å². The fourth-order valence-electron chi connectivity index (χ4n) is 5.41. The lowest BCUT2D eigenvalue weighted by atomic mass is 9.68. The zero-order valence-corrected chi connectivity index (χ0v) is 15.4. The molecule has 2 aliphatic carbocycles. The van der Waals surface area contributed by atoms with Crippen LogP contribution in [0.15, 0.2) is 18.3 Å². The predicted octanol–water partition coefficient (Wildman–Crippen LogP) is 3.11. The number of hydrogen-bond donors (Lipinski definition) is 0. The van der Waals surface area contributed by atoms with Crippen LogP contribution in [0.1, 0.15) is 72.2 Å². The van der Waals surface area contributed by atoms with Crippen molar-refractivity contribution >= 4 is 11.8 Å². The standard InChI is InChI=1S/C21H27N3O2/c25-18(23-11-8-20(14-23)4-1-5-20)16-3-10-22-17(13-16)19(26)24-12-9-21(15-24)6-2-7-21/h3,10,13H,1-2,4-9,11-12,14-15H2.